The molecule has 0 fully saturated rings. The van der Waals surface area contributed by atoms with E-state index in [4.69, 9.17) is 14.9 Å². The van der Waals surface area contributed by atoms with Crippen LogP contribution < -0.4 is 5.43 Å². The third-order valence-electron chi connectivity index (χ3n) is 4.90. The molecule has 3 rings (SSSR count). The topological polar surface area (TPSA) is 122 Å². The molecule has 1 aliphatic rings. The summed E-state index contributed by atoms with van der Waals surface area (Å²) in [7, 11) is 0. The van der Waals surface area contributed by atoms with Gasteiger partial charge in [0.2, 0.25) is 0 Å². The molecule has 0 atom stereocenters. The zero-order valence-electron chi connectivity index (χ0n) is 16.9. The van der Waals surface area contributed by atoms with Gasteiger partial charge in [-0.05, 0) is 38.8 Å². The van der Waals surface area contributed by atoms with Crippen molar-refractivity contribution in [3.63, 3.8) is 0 Å². The predicted octanol–water partition coefficient (Wildman–Crippen LogP) is 2.86. The number of nitrogens with zero attached hydrogens (tertiary/aromatic N) is 4. The molecule has 2 aromatic rings. The molecule has 0 radical (unpaired) electrons. The molecule has 0 bridgehead atoms. The zero-order valence-corrected chi connectivity index (χ0v) is 16.9. The van der Waals surface area contributed by atoms with Crippen LogP contribution in [-0.4, -0.2) is 35.5 Å². The number of amides is 2. The Morgan fingerprint density at radius 1 is 1.20 bits per heavy atom. The van der Waals surface area contributed by atoms with E-state index >= 15 is 0 Å². The molecule has 0 saturated carbocycles. The lowest BCUT2D eigenvalue weighted by atomic mass is 9.93. The highest BCUT2D eigenvalue weighted by molar-refractivity contribution is 6.07. The van der Waals surface area contributed by atoms with Gasteiger partial charge in [-0.3, -0.25) is 9.59 Å². The molecule has 0 aliphatic heterocycles. The predicted molar refractivity (Wildman–Crippen MR) is 109 cm³/mol. The Balaban J connectivity index is 1.88. The SMILES string of the molecule is Cc1cccc(C(=O)N/N=C2\CCCc3oc(C(=O)N(CC#N)CC#N)c(C)c32)c1. The molecule has 1 heterocycles. The minimum atomic E-state index is -0.506. The molecule has 152 valence electrons. The smallest absolute Gasteiger partial charge is 0.291 e. The molecule has 0 unspecified atom stereocenters. The van der Waals surface area contributed by atoms with Gasteiger partial charge in [0.15, 0.2) is 5.76 Å². The number of hydrogen-bond donors (Lipinski definition) is 1. The van der Waals surface area contributed by atoms with E-state index < -0.39 is 5.91 Å². The van der Waals surface area contributed by atoms with Crippen LogP contribution in [0.5, 0.6) is 0 Å². The van der Waals surface area contributed by atoms with Crippen LogP contribution in [0.4, 0.5) is 0 Å². The van der Waals surface area contributed by atoms with Crippen LogP contribution in [0.2, 0.25) is 0 Å². The fourth-order valence-corrected chi connectivity index (χ4v) is 3.47. The van der Waals surface area contributed by atoms with Crippen molar-refractivity contribution >= 4 is 17.5 Å². The van der Waals surface area contributed by atoms with Gasteiger partial charge in [-0.15, -0.1) is 0 Å². The molecule has 30 heavy (non-hydrogen) atoms. The molecule has 1 aliphatic carbocycles. The van der Waals surface area contributed by atoms with Crippen LogP contribution in [0.1, 0.15) is 56.2 Å². The second-order valence-corrected chi connectivity index (χ2v) is 7.05. The van der Waals surface area contributed by atoms with Crippen molar-refractivity contribution in [1.82, 2.24) is 10.3 Å². The van der Waals surface area contributed by atoms with E-state index in [1.54, 1.807) is 19.1 Å². The van der Waals surface area contributed by atoms with E-state index in [9.17, 15) is 9.59 Å². The lowest BCUT2D eigenvalue weighted by Gasteiger charge is -2.14. The van der Waals surface area contributed by atoms with Gasteiger partial charge in [0.25, 0.3) is 11.8 Å². The molecular weight excluding hydrogens is 382 g/mol. The number of hydrogen-bond acceptors (Lipinski definition) is 6. The number of nitrogens with one attached hydrogen (secondary N) is 1. The molecular formula is C22H21N5O3. The quantitative estimate of drug-likeness (QED) is 0.607. The Kier molecular flexibility index (Phi) is 6.29. The summed E-state index contributed by atoms with van der Waals surface area (Å²) in [5.41, 5.74) is 6.03. The van der Waals surface area contributed by atoms with Crippen LogP contribution in [0.25, 0.3) is 0 Å². The summed E-state index contributed by atoms with van der Waals surface area (Å²) < 4.78 is 5.81. The molecule has 2 amide bonds. The van der Waals surface area contributed by atoms with Gasteiger partial charge in [-0.25, -0.2) is 5.43 Å². The summed E-state index contributed by atoms with van der Waals surface area (Å²) in [6.07, 6.45) is 2.05. The third-order valence-corrected chi connectivity index (χ3v) is 4.90. The van der Waals surface area contributed by atoms with E-state index in [0.29, 0.717) is 41.0 Å². The molecule has 0 saturated heterocycles. The van der Waals surface area contributed by atoms with Crippen molar-refractivity contribution in [3.05, 3.63) is 58.0 Å². The van der Waals surface area contributed by atoms with Gasteiger partial charge < -0.3 is 9.32 Å². The summed E-state index contributed by atoms with van der Waals surface area (Å²) in [6, 6.07) is 11.0. The number of carbonyl (C=O) groups is 2. The van der Waals surface area contributed by atoms with Crippen molar-refractivity contribution in [1.29, 1.82) is 10.5 Å². The molecule has 1 aromatic carbocycles. The number of aryl methyl sites for hydroxylation is 2. The number of hydrazone groups is 1. The summed E-state index contributed by atoms with van der Waals surface area (Å²) in [5, 5.41) is 22.2. The van der Waals surface area contributed by atoms with Crippen LogP contribution >= 0.6 is 0 Å². The van der Waals surface area contributed by atoms with Crippen molar-refractivity contribution < 1.29 is 14.0 Å². The van der Waals surface area contributed by atoms with E-state index in [0.717, 1.165) is 16.9 Å². The van der Waals surface area contributed by atoms with Crippen LogP contribution in [0.15, 0.2) is 33.8 Å². The van der Waals surface area contributed by atoms with Gasteiger partial charge in [0.1, 0.15) is 18.8 Å². The first-order valence-corrected chi connectivity index (χ1v) is 9.55. The fourth-order valence-electron chi connectivity index (χ4n) is 3.47. The molecule has 1 N–H and O–H groups in total. The van der Waals surface area contributed by atoms with E-state index in [1.165, 1.54) is 0 Å². The fraction of sp³-hybridized carbons (Fsp3) is 0.318. The van der Waals surface area contributed by atoms with Gasteiger partial charge >= 0.3 is 0 Å². The number of nitriles is 2. The van der Waals surface area contributed by atoms with Gasteiger partial charge in [-0.1, -0.05) is 17.7 Å². The lowest BCUT2D eigenvalue weighted by Crippen LogP contribution is -2.32. The highest BCUT2D eigenvalue weighted by Crippen LogP contribution is 2.30. The Hall–Kier alpha value is -3.91. The second-order valence-electron chi connectivity index (χ2n) is 7.05. The normalized spacial score (nSPS) is 13.8. The maximum Gasteiger partial charge on any atom is 0.291 e. The van der Waals surface area contributed by atoms with Crippen molar-refractivity contribution in [3.8, 4) is 12.1 Å². The highest BCUT2D eigenvalue weighted by atomic mass is 16.4. The minimum Gasteiger partial charge on any atom is -0.455 e. The van der Waals surface area contributed by atoms with Gasteiger partial charge in [-0.2, -0.15) is 15.6 Å². The monoisotopic (exact) mass is 403 g/mol. The molecule has 8 nitrogen and oxygen atoms in total. The second kappa shape index (κ2) is 9.06. The standard InChI is InChI=1S/C22H21N5O3/c1-14-5-3-6-16(13-14)21(28)26-25-17-7-4-8-18-19(17)15(2)20(30-18)22(29)27(11-9-23)12-10-24/h3,5-6,13H,4,7-8,11-12H2,1-2H3,(H,26,28)/b25-17+. The first-order valence-electron chi connectivity index (χ1n) is 9.55. The van der Waals surface area contributed by atoms with Crippen LogP contribution in [0, 0.1) is 36.5 Å². The Bertz CT molecular complexity index is 1080. The zero-order chi connectivity index (χ0) is 21.7. The maximum atomic E-state index is 12.8. The minimum absolute atomic E-state index is 0.102. The van der Waals surface area contributed by atoms with E-state index in [2.05, 4.69) is 10.5 Å². The summed E-state index contributed by atoms with van der Waals surface area (Å²) in [4.78, 5) is 26.3. The lowest BCUT2D eigenvalue weighted by molar-refractivity contribution is 0.0760. The largest absolute Gasteiger partial charge is 0.455 e. The van der Waals surface area contributed by atoms with E-state index in [-0.39, 0.29) is 24.8 Å². The van der Waals surface area contributed by atoms with Crippen molar-refractivity contribution in [2.45, 2.75) is 33.1 Å². The average Bonchev–Trinajstić information content (AvgIpc) is 3.08. The van der Waals surface area contributed by atoms with Gasteiger partial charge in [0.05, 0.1) is 17.9 Å². The first kappa shape index (κ1) is 20.8. The average molecular weight is 403 g/mol. The first-order chi connectivity index (χ1) is 14.5. The number of benzene rings is 1. The number of rotatable bonds is 5. The van der Waals surface area contributed by atoms with Crippen molar-refractivity contribution in [2.75, 3.05) is 13.1 Å². The number of fused-ring (bicyclic) bond motifs is 1. The summed E-state index contributed by atoms with van der Waals surface area (Å²) >= 11 is 0. The maximum absolute atomic E-state index is 12.8. The molecule has 0 spiro atoms. The Labute approximate surface area is 174 Å². The summed E-state index contributed by atoms with van der Waals surface area (Å²) in [6.45, 7) is 3.25. The van der Waals surface area contributed by atoms with E-state index in [1.807, 2.05) is 31.2 Å². The Morgan fingerprint density at radius 2 is 1.93 bits per heavy atom. The summed E-state index contributed by atoms with van der Waals surface area (Å²) in [5.74, 6) is -0.0947. The Morgan fingerprint density at radius 3 is 2.60 bits per heavy atom. The molecule has 8 heteroatoms. The number of carbonyl (C=O) groups excluding carboxylic acids is 2. The highest BCUT2D eigenvalue weighted by Gasteiger charge is 2.30. The van der Waals surface area contributed by atoms with Crippen LogP contribution in [0.3, 0.4) is 0 Å². The van der Waals surface area contributed by atoms with Crippen LogP contribution in [-0.2, 0) is 6.42 Å². The third kappa shape index (κ3) is 4.23. The van der Waals surface area contributed by atoms with Gasteiger partial charge in [0, 0.05) is 23.1 Å². The molecule has 1 aromatic heterocycles. The number of furan rings is 1. The van der Waals surface area contributed by atoms with Crippen molar-refractivity contribution in [2.24, 2.45) is 5.10 Å².